The van der Waals surface area contributed by atoms with E-state index < -0.39 is 0 Å². The third-order valence-corrected chi connectivity index (χ3v) is 7.01. The first kappa shape index (κ1) is 17.7. The highest BCUT2D eigenvalue weighted by atomic mass is 35.5. The predicted molar refractivity (Wildman–Crippen MR) is 129 cm³/mol. The molecule has 0 radical (unpaired) electrons. The summed E-state index contributed by atoms with van der Waals surface area (Å²) in [6.45, 7) is 4.58. The van der Waals surface area contributed by atoms with Gasteiger partial charge in [0.2, 0.25) is 0 Å². The van der Waals surface area contributed by atoms with E-state index in [2.05, 4.69) is 98.8 Å². The van der Waals surface area contributed by atoms with E-state index in [1.165, 1.54) is 54.9 Å². The molecule has 0 spiro atoms. The van der Waals surface area contributed by atoms with Gasteiger partial charge in [0.15, 0.2) is 0 Å². The monoisotopic (exact) mass is 404 g/mol. The molecule has 0 atom stereocenters. The molecule has 5 aromatic rings. The maximum Gasteiger partial charge on any atom is 0.0453 e. The molecule has 0 unspecified atom stereocenters. The molecule has 0 aliphatic heterocycles. The Labute approximate surface area is 181 Å². The van der Waals surface area contributed by atoms with Gasteiger partial charge in [-0.05, 0) is 67.1 Å². The minimum atomic E-state index is -0.128. The van der Waals surface area contributed by atoms with Crippen LogP contribution in [0.3, 0.4) is 0 Å². The van der Waals surface area contributed by atoms with Gasteiger partial charge in [0.1, 0.15) is 0 Å². The highest BCUT2D eigenvalue weighted by Crippen LogP contribution is 2.55. The molecule has 144 valence electrons. The summed E-state index contributed by atoms with van der Waals surface area (Å²) in [5.74, 6) is 0. The van der Waals surface area contributed by atoms with Crippen LogP contribution >= 0.6 is 11.6 Å². The van der Waals surface area contributed by atoms with E-state index in [1.54, 1.807) is 0 Å². The molecule has 0 heterocycles. The molecule has 0 aromatic heterocycles. The number of fused-ring (bicyclic) bond motifs is 7. The first-order chi connectivity index (χ1) is 14.6. The highest BCUT2D eigenvalue weighted by Gasteiger charge is 2.38. The van der Waals surface area contributed by atoms with E-state index >= 15 is 0 Å². The molecule has 30 heavy (non-hydrogen) atoms. The summed E-state index contributed by atoms with van der Waals surface area (Å²) in [5, 5.41) is 6.04. The summed E-state index contributed by atoms with van der Waals surface area (Å²) in [6.07, 6.45) is 0. The summed E-state index contributed by atoms with van der Waals surface area (Å²) >= 11 is 6.75. The molecule has 1 aliphatic rings. The van der Waals surface area contributed by atoms with Crippen molar-refractivity contribution in [1.82, 2.24) is 0 Å². The van der Waals surface area contributed by atoms with Crippen LogP contribution in [0.25, 0.3) is 43.8 Å². The van der Waals surface area contributed by atoms with E-state index in [0.29, 0.717) is 0 Å². The summed E-state index contributed by atoms with van der Waals surface area (Å²) in [5.41, 5.74) is 7.59. The molecule has 0 nitrogen and oxygen atoms in total. The van der Waals surface area contributed by atoms with E-state index in [-0.39, 0.29) is 5.41 Å². The second kappa shape index (κ2) is 6.20. The minimum Gasteiger partial charge on any atom is -0.0840 e. The van der Waals surface area contributed by atoms with Crippen LogP contribution in [-0.4, -0.2) is 0 Å². The number of rotatable bonds is 1. The van der Waals surface area contributed by atoms with Crippen LogP contribution in [0.2, 0.25) is 5.02 Å². The molecule has 0 fully saturated rings. The average Bonchev–Trinajstić information content (AvgIpc) is 3.01. The van der Waals surface area contributed by atoms with Crippen LogP contribution in [0.5, 0.6) is 0 Å². The Balaban J connectivity index is 1.88. The van der Waals surface area contributed by atoms with Gasteiger partial charge >= 0.3 is 0 Å². The van der Waals surface area contributed by atoms with Gasteiger partial charge in [0.05, 0.1) is 0 Å². The molecule has 1 heteroatoms. The van der Waals surface area contributed by atoms with E-state index in [0.717, 1.165) is 5.02 Å². The maximum absolute atomic E-state index is 6.75. The molecule has 0 N–H and O–H groups in total. The predicted octanol–water partition coefficient (Wildman–Crippen LogP) is 8.62. The van der Waals surface area contributed by atoms with Crippen LogP contribution < -0.4 is 0 Å². The smallest absolute Gasteiger partial charge is 0.0453 e. The van der Waals surface area contributed by atoms with Crippen molar-refractivity contribution in [3.8, 4) is 22.3 Å². The number of benzene rings is 5. The SMILES string of the molecule is CC1(C)c2ccc3c(c(-c4ccccc4)cc4ccccc43)c2-c2cccc(Cl)c21. The molecular formula is C29H21Cl. The van der Waals surface area contributed by atoms with Crippen molar-refractivity contribution in [3.05, 3.63) is 107 Å². The fourth-order valence-corrected chi connectivity index (χ4v) is 5.76. The first-order valence-electron chi connectivity index (χ1n) is 10.4. The fourth-order valence-electron chi connectivity index (χ4n) is 5.35. The Morgan fingerprint density at radius 1 is 0.667 bits per heavy atom. The second-order valence-corrected chi connectivity index (χ2v) is 9.12. The summed E-state index contributed by atoms with van der Waals surface area (Å²) < 4.78 is 0. The summed E-state index contributed by atoms with van der Waals surface area (Å²) in [6, 6.07) is 32.7. The minimum absolute atomic E-state index is 0.128. The Hall–Kier alpha value is -3.09. The molecule has 0 amide bonds. The Morgan fingerprint density at radius 2 is 1.43 bits per heavy atom. The van der Waals surface area contributed by atoms with Gasteiger partial charge in [-0.3, -0.25) is 0 Å². The number of hydrogen-bond donors (Lipinski definition) is 0. The normalized spacial score (nSPS) is 14.1. The maximum atomic E-state index is 6.75. The lowest BCUT2D eigenvalue weighted by atomic mass is 9.81. The summed E-state index contributed by atoms with van der Waals surface area (Å²) in [7, 11) is 0. The van der Waals surface area contributed by atoms with Crippen molar-refractivity contribution in [2.75, 3.05) is 0 Å². The van der Waals surface area contributed by atoms with Crippen LogP contribution in [0.4, 0.5) is 0 Å². The molecule has 0 saturated heterocycles. The first-order valence-corrected chi connectivity index (χ1v) is 10.8. The summed E-state index contributed by atoms with van der Waals surface area (Å²) in [4.78, 5) is 0. The van der Waals surface area contributed by atoms with Gasteiger partial charge in [-0.2, -0.15) is 0 Å². The van der Waals surface area contributed by atoms with Gasteiger partial charge in [0.25, 0.3) is 0 Å². The van der Waals surface area contributed by atoms with Gasteiger partial charge in [-0.25, -0.2) is 0 Å². The molecular weight excluding hydrogens is 384 g/mol. The van der Waals surface area contributed by atoms with Gasteiger partial charge in [-0.1, -0.05) is 104 Å². The third kappa shape index (κ3) is 2.29. The van der Waals surface area contributed by atoms with Crippen molar-refractivity contribution < 1.29 is 0 Å². The lowest BCUT2D eigenvalue weighted by molar-refractivity contribution is 0.661. The fraction of sp³-hybridized carbons (Fsp3) is 0.103. The lowest BCUT2D eigenvalue weighted by Gasteiger charge is -2.23. The van der Waals surface area contributed by atoms with Crippen molar-refractivity contribution in [2.24, 2.45) is 0 Å². The van der Waals surface area contributed by atoms with Crippen LogP contribution in [0, 0.1) is 0 Å². The van der Waals surface area contributed by atoms with E-state index in [4.69, 9.17) is 11.6 Å². The highest BCUT2D eigenvalue weighted by molar-refractivity contribution is 6.32. The van der Waals surface area contributed by atoms with Crippen molar-refractivity contribution >= 4 is 33.1 Å². The quantitative estimate of drug-likeness (QED) is 0.245. The number of hydrogen-bond acceptors (Lipinski definition) is 0. The van der Waals surface area contributed by atoms with E-state index in [9.17, 15) is 0 Å². The topological polar surface area (TPSA) is 0 Å². The Bertz CT molecular complexity index is 1460. The molecule has 5 aromatic carbocycles. The second-order valence-electron chi connectivity index (χ2n) is 8.71. The molecule has 0 saturated carbocycles. The van der Waals surface area contributed by atoms with Crippen molar-refractivity contribution in [1.29, 1.82) is 0 Å². The van der Waals surface area contributed by atoms with Gasteiger partial charge in [0, 0.05) is 10.4 Å². The molecule has 0 bridgehead atoms. The zero-order valence-corrected chi connectivity index (χ0v) is 17.8. The van der Waals surface area contributed by atoms with Gasteiger partial charge in [-0.15, -0.1) is 0 Å². The number of halogens is 1. The average molecular weight is 405 g/mol. The largest absolute Gasteiger partial charge is 0.0840 e. The molecule has 6 rings (SSSR count). The Morgan fingerprint density at radius 3 is 2.27 bits per heavy atom. The van der Waals surface area contributed by atoms with Crippen molar-refractivity contribution in [3.63, 3.8) is 0 Å². The van der Waals surface area contributed by atoms with Crippen molar-refractivity contribution in [2.45, 2.75) is 19.3 Å². The lowest BCUT2D eigenvalue weighted by Crippen LogP contribution is -2.15. The zero-order valence-electron chi connectivity index (χ0n) is 17.0. The Kier molecular flexibility index (Phi) is 3.67. The third-order valence-electron chi connectivity index (χ3n) is 6.69. The standard InChI is InChI=1S/C29H21Cl/c1-29(2)24-16-15-21-20-12-7-6-11-19(20)17-23(18-9-4-3-5-10-18)26(21)27(24)22-13-8-14-25(30)28(22)29/h3-17H,1-2H3. The van der Waals surface area contributed by atoms with Crippen LogP contribution in [0.15, 0.2) is 91.0 Å². The van der Waals surface area contributed by atoms with Crippen LogP contribution in [0.1, 0.15) is 25.0 Å². The van der Waals surface area contributed by atoms with Gasteiger partial charge < -0.3 is 0 Å². The van der Waals surface area contributed by atoms with Crippen LogP contribution in [-0.2, 0) is 5.41 Å². The zero-order chi connectivity index (χ0) is 20.5. The molecule has 1 aliphatic carbocycles. The van der Waals surface area contributed by atoms with E-state index in [1.807, 2.05) is 6.07 Å².